The Bertz CT molecular complexity index is 600. The second-order valence-corrected chi connectivity index (χ2v) is 5.97. The standard InChI is InChI=1S/C17H24N4O2.HI/c18-17(19-12-16(22)21-8-10-23-11-9-21)20-15-7-3-5-13-4-1-2-6-14(13)15;/h3,5,7H,1-2,4,6,8-12H2,(H3,18,19,20);1H. The molecule has 6 nitrogen and oxygen atoms in total. The van der Waals surface area contributed by atoms with Crippen molar-refractivity contribution < 1.29 is 9.53 Å². The number of rotatable bonds is 3. The normalized spacial score (nSPS) is 17.7. The summed E-state index contributed by atoms with van der Waals surface area (Å²) in [5.41, 5.74) is 9.69. The van der Waals surface area contributed by atoms with Gasteiger partial charge in [0.1, 0.15) is 6.54 Å². The summed E-state index contributed by atoms with van der Waals surface area (Å²) in [7, 11) is 0. The van der Waals surface area contributed by atoms with Gasteiger partial charge in [0.25, 0.3) is 0 Å². The molecule has 7 heteroatoms. The molecule has 1 aromatic rings. The quantitative estimate of drug-likeness (QED) is 0.423. The molecule has 0 unspecified atom stereocenters. The second-order valence-electron chi connectivity index (χ2n) is 5.97. The number of fused-ring (bicyclic) bond motifs is 1. The summed E-state index contributed by atoms with van der Waals surface area (Å²) in [6.45, 7) is 2.54. The molecule has 1 heterocycles. The maximum Gasteiger partial charge on any atom is 0.244 e. The molecule has 3 N–H and O–H groups in total. The van der Waals surface area contributed by atoms with E-state index in [1.54, 1.807) is 4.90 Å². The third kappa shape index (κ3) is 4.83. The van der Waals surface area contributed by atoms with Crippen LogP contribution in [0.25, 0.3) is 0 Å². The third-order valence-electron chi connectivity index (χ3n) is 4.41. The Hall–Kier alpha value is -1.35. The monoisotopic (exact) mass is 444 g/mol. The largest absolute Gasteiger partial charge is 0.378 e. The topological polar surface area (TPSA) is 80.0 Å². The van der Waals surface area contributed by atoms with Crippen molar-refractivity contribution in [3.8, 4) is 0 Å². The number of halogens is 1. The molecule has 3 rings (SSSR count). The number of hydrogen-bond donors (Lipinski definition) is 2. The first-order valence-corrected chi connectivity index (χ1v) is 8.27. The number of aliphatic imine (C=N–C) groups is 1. The highest BCUT2D eigenvalue weighted by Crippen LogP contribution is 2.27. The number of ether oxygens (including phenoxy) is 1. The van der Waals surface area contributed by atoms with E-state index in [2.05, 4.69) is 16.4 Å². The van der Waals surface area contributed by atoms with E-state index in [9.17, 15) is 4.79 Å². The predicted molar refractivity (Wildman–Crippen MR) is 106 cm³/mol. The molecule has 0 atom stereocenters. The van der Waals surface area contributed by atoms with Gasteiger partial charge in [-0.2, -0.15) is 0 Å². The van der Waals surface area contributed by atoms with Gasteiger partial charge in [-0.15, -0.1) is 24.0 Å². The van der Waals surface area contributed by atoms with Gasteiger partial charge in [0, 0.05) is 18.8 Å². The van der Waals surface area contributed by atoms with Crippen molar-refractivity contribution in [2.75, 3.05) is 38.2 Å². The zero-order chi connectivity index (χ0) is 16.1. The summed E-state index contributed by atoms with van der Waals surface area (Å²) in [6.07, 6.45) is 4.64. The minimum Gasteiger partial charge on any atom is -0.378 e. The maximum absolute atomic E-state index is 12.1. The van der Waals surface area contributed by atoms with Gasteiger partial charge in [0.2, 0.25) is 5.91 Å². The van der Waals surface area contributed by atoms with Gasteiger partial charge in [-0.1, -0.05) is 12.1 Å². The van der Waals surface area contributed by atoms with Crippen molar-refractivity contribution in [1.82, 2.24) is 4.90 Å². The van der Waals surface area contributed by atoms with Crippen molar-refractivity contribution in [3.05, 3.63) is 29.3 Å². The Morgan fingerprint density at radius 2 is 2.00 bits per heavy atom. The Morgan fingerprint density at radius 1 is 1.25 bits per heavy atom. The number of morpholine rings is 1. The Balaban J connectivity index is 0.00000208. The van der Waals surface area contributed by atoms with Crippen LogP contribution in [0.3, 0.4) is 0 Å². The van der Waals surface area contributed by atoms with Gasteiger partial charge >= 0.3 is 0 Å². The Labute approximate surface area is 159 Å². The minimum absolute atomic E-state index is 0. The first kappa shape index (κ1) is 19.0. The molecule has 132 valence electrons. The van der Waals surface area contributed by atoms with Gasteiger partial charge < -0.3 is 20.7 Å². The van der Waals surface area contributed by atoms with Crippen LogP contribution in [-0.2, 0) is 22.4 Å². The Morgan fingerprint density at radius 3 is 2.79 bits per heavy atom. The molecule has 1 amide bonds. The number of nitrogens with one attached hydrogen (secondary N) is 1. The smallest absolute Gasteiger partial charge is 0.244 e. The highest BCUT2D eigenvalue weighted by atomic mass is 127. The van der Waals surface area contributed by atoms with E-state index in [4.69, 9.17) is 10.5 Å². The third-order valence-corrected chi connectivity index (χ3v) is 4.41. The van der Waals surface area contributed by atoms with Crippen LogP contribution in [-0.4, -0.2) is 49.6 Å². The SMILES string of the molecule is I.NC(=NCC(=O)N1CCOCC1)Nc1cccc2c1CCCC2. The molecule has 0 aromatic heterocycles. The minimum atomic E-state index is -0.00635. The lowest BCUT2D eigenvalue weighted by atomic mass is 9.90. The summed E-state index contributed by atoms with van der Waals surface area (Å²) in [4.78, 5) is 18.0. The fourth-order valence-electron chi connectivity index (χ4n) is 3.14. The van der Waals surface area contributed by atoms with Crippen molar-refractivity contribution >= 4 is 41.5 Å². The molecule has 1 fully saturated rings. The average Bonchev–Trinajstić information content (AvgIpc) is 2.61. The number of nitrogens with zero attached hydrogens (tertiary/aromatic N) is 2. The number of guanidine groups is 1. The summed E-state index contributed by atoms with van der Waals surface area (Å²) < 4.78 is 5.24. The van der Waals surface area contributed by atoms with Gasteiger partial charge in [-0.25, -0.2) is 4.99 Å². The number of benzene rings is 1. The number of amides is 1. The van der Waals surface area contributed by atoms with E-state index in [1.807, 2.05) is 12.1 Å². The molecule has 1 aliphatic carbocycles. The van der Waals surface area contributed by atoms with Gasteiger partial charge in [0.05, 0.1) is 13.2 Å². The van der Waals surface area contributed by atoms with E-state index in [-0.39, 0.29) is 36.4 Å². The Kier molecular flexibility index (Phi) is 7.29. The van der Waals surface area contributed by atoms with E-state index in [0.717, 1.165) is 18.5 Å². The predicted octanol–water partition coefficient (Wildman–Crippen LogP) is 1.77. The first-order valence-electron chi connectivity index (χ1n) is 8.27. The highest BCUT2D eigenvalue weighted by Gasteiger charge is 2.16. The van der Waals surface area contributed by atoms with Crippen LogP contribution >= 0.6 is 24.0 Å². The molecule has 24 heavy (non-hydrogen) atoms. The number of hydrogen-bond acceptors (Lipinski definition) is 3. The average molecular weight is 444 g/mol. The number of carbonyl (C=O) groups is 1. The van der Waals surface area contributed by atoms with Crippen molar-refractivity contribution in [2.24, 2.45) is 10.7 Å². The van der Waals surface area contributed by atoms with Crippen LogP contribution in [0, 0.1) is 0 Å². The fourth-order valence-corrected chi connectivity index (χ4v) is 3.14. The molecule has 1 saturated heterocycles. The maximum atomic E-state index is 12.1. The van der Waals surface area contributed by atoms with Crippen molar-refractivity contribution in [2.45, 2.75) is 25.7 Å². The van der Waals surface area contributed by atoms with Crippen LogP contribution in [0.15, 0.2) is 23.2 Å². The van der Waals surface area contributed by atoms with E-state index in [0.29, 0.717) is 32.3 Å². The molecule has 0 bridgehead atoms. The van der Waals surface area contributed by atoms with Gasteiger partial charge in [-0.3, -0.25) is 4.79 Å². The van der Waals surface area contributed by atoms with Gasteiger partial charge in [-0.05, 0) is 42.9 Å². The molecule has 0 radical (unpaired) electrons. The molecular weight excluding hydrogens is 419 g/mol. The second kappa shape index (κ2) is 9.22. The van der Waals surface area contributed by atoms with E-state index in [1.165, 1.54) is 24.0 Å². The van der Waals surface area contributed by atoms with Crippen LogP contribution in [0.2, 0.25) is 0 Å². The zero-order valence-electron chi connectivity index (χ0n) is 13.8. The summed E-state index contributed by atoms with van der Waals surface area (Å²) in [6, 6.07) is 6.24. The van der Waals surface area contributed by atoms with Crippen LogP contribution in [0.1, 0.15) is 24.0 Å². The highest BCUT2D eigenvalue weighted by molar-refractivity contribution is 14.0. The number of carbonyl (C=O) groups excluding carboxylic acids is 1. The molecule has 0 spiro atoms. The van der Waals surface area contributed by atoms with Crippen LogP contribution < -0.4 is 11.1 Å². The lowest BCUT2D eigenvalue weighted by Gasteiger charge is -2.26. The molecule has 2 aliphatic rings. The lowest BCUT2D eigenvalue weighted by Crippen LogP contribution is -2.42. The molecule has 1 aliphatic heterocycles. The first-order chi connectivity index (χ1) is 11.2. The molecular formula is C17H25IN4O2. The fraction of sp³-hybridized carbons (Fsp3) is 0.529. The van der Waals surface area contributed by atoms with E-state index < -0.39 is 0 Å². The molecule has 1 aromatic carbocycles. The number of nitrogens with two attached hydrogens (primary N) is 1. The van der Waals surface area contributed by atoms with E-state index >= 15 is 0 Å². The molecule has 0 saturated carbocycles. The lowest BCUT2D eigenvalue weighted by molar-refractivity contribution is -0.133. The van der Waals surface area contributed by atoms with Crippen LogP contribution in [0.4, 0.5) is 5.69 Å². The summed E-state index contributed by atoms with van der Waals surface area (Å²) >= 11 is 0. The summed E-state index contributed by atoms with van der Waals surface area (Å²) in [5, 5.41) is 3.16. The van der Waals surface area contributed by atoms with Crippen molar-refractivity contribution in [3.63, 3.8) is 0 Å². The number of anilines is 1. The zero-order valence-corrected chi connectivity index (χ0v) is 16.1. The van der Waals surface area contributed by atoms with Crippen molar-refractivity contribution in [1.29, 1.82) is 0 Å². The number of aryl methyl sites for hydroxylation is 1. The van der Waals surface area contributed by atoms with Gasteiger partial charge in [0.15, 0.2) is 5.96 Å². The summed E-state index contributed by atoms with van der Waals surface area (Å²) in [5.74, 6) is 0.290. The van der Waals surface area contributed by atoms with Crippen LogP contribution in [0.5, 0.6) is 0 Å².